The Balaban J connectivity index is 2.14. The first kappa shape index (κ1) is 12.3. The van der Waals surface area contributed by atoms with E-state index in [2.05, 4.69) is 6.07 Å². The van der Waals surface area contributed by atoms with Crippen molar-refractivity contribution in [2.75, 3.05) is 7.11 Å². The lowest BCUT2D eigenvalue weighted by molar-refractivity contribution is 0.413. The van der Waals surface area contributed by atoms with Crippen molar-refractivity contribution in [2.24, 2.45) is 0 Å². The fourth-order valence-corrected chi connectivity index (χ4v) is 3.54. The van der Waals surface area contributed by atoms with Gasteiger partial charge in [0.25, 0.3) is 0 Å². The van der Waals surface area contributed by atoms with E-state index in [1.807, 2.05) is 30.0 Å². The predicted octanol–water partition coefficient (Wildman–Crippen LogP) is 3.99. The summed E-state index contributed by atoms with van der Waals surface area (Å²) in [6.45, 7) is 0. The molecule has 0 aliphatic heterocycles. The number of benzene rings is 1. The summed E-state index contributed by atoms with van der Waals surface area (Å²) in [6.07, 6.45) is 6.55. The monoisotopic (exact) mass is 247 g/mol. The molecule has 0 bridgehead atoms. The van der Waals surface area contributed by atoms with Gasteiger partial charge >= 0.3 is 0 Å². The first-order valence-electron chi connectivity index (χ1n) is 6.08. The van der Waals surface area contributed by atoms with Crippen molar-refractivity contribution >= 4 is 11.8 Å². The van der Waals surface area contributed by atoms with E-state index in [0.717, 1.165) is 16.2 Å². The van der Waals surface area contributed by atoms with Crippen molar-refractivity contribution < 1.29 is 4.74 Å². The van der Waals surface area contributed by atoms with Gasteiger partial charge in [-0.15, -0.1) is 11.8 Å². The number of methoxy groups -OCH3 is 1. The van der Waals surface area contributed by atoms with Gasteiger partial charge in [-0.3, -0.25) is 0 Å². The summed E-state index contributed by atoms with van der Waals surface area (Å²) >= 11 is 1.84. The van der Waals surface area contributed by atoms with Gasteiger partial charge in [-0.2, -0.15) is 5.26 Å². The minimum absolute atomic E-state index is 0.669. The highest BCUT2D eigenvalue weighted by molar-refractivity contribution is 8.00. The lowest BCUT2D eigenvalue weighted by Crippen LogP contribution is -2.08. The van der Waals surface area contributed by atoms with E-state index in [1.165, 1.54) is 32.1 Å². The molecule has 0 aromatic heterocycles. The fraction of sp³-hybridized carbons (Fsp3) is 0.500. The minimum atomic E-state index is 0.669. The zero-order valence-corrected chi connectivity index (χ0v) is 10.9. The molecule has 0 heterocycles. The maximum atomic E-state index is 9.11. The van der Waals surface area contributed by atoms with E-state index in [4.69, 9.17) is 10.00 Å². The maximum Gasteiger partial charge on any atom is 0.120 e. The summed E-state index contributed by atoms with van der Waals surface area (Å²) in [4.78, 5) is 1.07. The Morgan fingerprint density at radius 3 is 2.71 bits per heavy atom. The third kappa shape index (κ3) is 3.17. The SMILES string of the molecule is COc1ccc(C#N)c(SC2CCCCC2)c1. The van der Waals surface area contributed by atoms with Gasteiger partial charge in [0.05, 0.1) is 12.7 Å². The van der Waals surface area contributed by atoms with Crippen molar-refractivity contribution in [3.05, 3.63) is 23.8 Å². The minimum Gasteiger partial charge on any atom is -0.497 e. The third-order valence-electron chi connectivity index (χ3n) is 3.16. The average Bonchev–Trinajstić information content (AvgIpc) is 2.40. The maximum absolute atomic E-state index is 9.11. The van der Waals surface area contributed by atoms with E-state index in [-0.39, 0.29) is 0 Å². The Bertz CT molecular complexity index is 419. The molecule has 0 spiro atoms. The zero-order chi connectivity index (χ0) is 12.1. The fourth-order valence-electron chi connectivity index (χ4n) is 2.18. The van der Waals surface area contributed by atoms with Crippen LogP contribution in [0.4, 0.5) is 0 Å². The Morgan fingerprint density at radius 1 is 1.29 bits per heavy atom. The van der Waals surface area contributed by atoms with Crippen LogP contribution >= 0.6 is 11.8 Å². The molecule has 0 N–H and O–H groups in total. The molecule has 90 valence electrons. The summed E-state index contributed by atoms with van der Waals surface area (Å²) in [7, 11) is 1.66. The molecule has 1 aromatic rings. The van der Waals surface area contributed by atoms with Crippen LogP contribution in [0, 0.1) is 11.3 Å². The molecule has 0 amide bonds. The first-order chi connectivity index (χ1) is 8.33. The van der Waals surface area contributed by atoms with Crippen molar-refractivity contribution in [1.82, 2.24) is 0 Å². The van der Waals surface area contributed by atoms with Crippen molar-refractivity contribution in [3.8, 4) is 11.8 Å². The van der Waals surface area contributed by atoms with Crippen molar-refractivity contribution in [2.45, 2.75) is 42.2 Å². The number of hydrogen-bond donors (Lipinski definition) is 0. The van der Waals surface area contributed by atoms with E-state index < -0.39 is 0 Å². The molecule has 3 heteroatoms. The van der Waals surface area contributed by atoms with E-state index in [9.17, 15) is 0 Å². The van der Waals surface area contributed by atoms with Gasteiger partial charge in [0.2, 0.25) is 0 Å². The van der Waals surface area contributed by atoms with Crippen LogP contribution in [0.3, 0.4) is 0 Å². The molecule has 2 rings (SSSR count). The van der Waals surface area contributed by atoms with Gasteiger partial charge in [-0.25, -0.2) is 0 Å². The quantitative estimate of drug-likeness (QED) is 0.809. The summed E-state index contributed by atoms with van der Waals surface area (Å²) in [5.41, 5.74) is 0.765. The van der Waals surface area contributed by atoms with E-state index in [0.29, 0.717) is 5.25 Å². The van der Waals surface area contributed by atoms with Gasteiger partial charge < -0.3 is 4.74 Å². The summed E-state index contributed by atoms with van der Waals surface area (Å²) in [5.74, 6) is 0.835. The van der Waals surface area contributed by atoms with Crippen LogP contribution < -0.4 is 4.74 Å². The molecule has 1 aliphatic rings. The predicted molar refractivity (Wildman–Crippen MR) is 70.4 cm³/mol. The highest BCUT2D eigenvalue weighted by atomic mass is 32.2. The second kappa shape index (κ2) is 5.97. The highest BCUT2D eigenvalue weighted by Crippen LogP contribution is 2.36. The number of thioether (sulfide) groups is 1. The number of nitriles is 1. The molecule has 1 fully saturated rings. The molecule has 17 heavy (non-hydrogen) atoms. The zero-order valence-electron chi connectivity index (χ0n) is 10.1. The first-order valence-corrected chi connectivity index (χ1v) is 6.96. The Hall–Kier alpha value is -1.14. The van der Waals surface area contributed by atoms with Crippen LogP contribution in [0.2, 0.25) is 0 Å². The molecule has 0 radical (unpaired) electrons. The molecule has 1 aromatic carbocycles. The number of rotatable bonds is 3. The molecule has 0 unspecified atom stereocenters. The van der Waals surface area contributed by atoms with Crippen molar-refractivity contribution in [3.63, 3.8) is 0 Å². The average molecular weight is 247 g/mol. The summed E-state index contributed by atoms with van der Waals surface area (Å²) in [5, 5.41) is 9.78. The Kier molecular flexibility index (Phi) is 4.33. The number of ether oxygens (including phenoxy) is 1. The van der Waals surface area contributed by atoms with Crippen molar-refractivity contribution in [1.29, 1.82) is 5.26 Å². The molecule has 0 saturated heterocycles. The molecule has 0 atom stereocenters. The molecule has 1 saturated carbocycles. The number of hydrogen-bond acceptors (Lipinski definition) is 3. The molecular weight excluding hydrogens is 230 g/mol. The van der Waals surface area contributed by atoms with Gasteiger partial charge in [-0.05, 0) is 31.0 Å². The second-order valence-electron chi connectivity index (χ2n) is 4.35. The smallest absolute Gasteiger partial charge is 0.120 e. The van der Waals surface area contributed by atoms with Crippen LogP contribution in [0.15, 0.2) is 23.1 Å². The standard InChI is InChI=1S/C14H17NOS/c1-16-12-8-7-11(10-15)14(9-12)17-13-5-3-2-4-6-13/h7-9,13H,2-6H2,1H3. The lowest BCUT2D eigenvalue weighted by Gasteiger charge is -2.21. The Morgan fingerprint density at radius 2 is 2.06 bits per heavy atom. The van der Waals surface area contributed by atoms with Crippen LogP contribution in [-0.4, -0.2) is 12.4 Å². The lowest BCUT2D eigenvalue weighted by atomic mass is 10.0. The van der Waals surface area contributed by atoms with Crippen LogP contribution in [-0.2, 0) is 0 Å². The van der Waals surface area contributed by atoms with E-state index >= 15 is 0 Å². The summed E-state index contributed by atoms with van der Waals surface area (Å²) < 4.78 is 5.22. The number of nitrogens with zero attached hydrogens (tertiary/aromatic N) is 1. The van der Waals surface area contributed by atoms with Gasteiger partial charge in [0, 0.05) is 10.1 Å². The van der Waals surface area contributed by atoms with Gasteiger partial charge in [0.1, 0.15) is 11.8 Å². The van der Waals surface area contributed by atoms with Crippen LogP contribution in [0.1, 0.15) is 37.7 Å². The normalized spacial score (nSPS) is 16.5. The van der Waals surface area contributed by atoms with E-state index in [1.54, 1.807) is 7.11 Å². The molecule has 2 nitrogen and oxygen atoms in total. The Labute approximate surface area is 107 Å². The summed E-state index contributed by atoms with van der Waals surface area (Å²) in [6, 6.07) is 7.95. The van der Waals surface area contributed by atoms with Crippen LogP contribution in [0.25, 0.3) is 0 Å². The topological polar surface area (TPSA) is 33.0 Å². The van der Waals surface area contributed by atoms with Gasteiger partial charge in [0.15, 0.2) is 0 Å². The molecule has 1 aliphatic carbocycles. The van der Waals surface area contributed by atoms with Gasteiger partial charge in [-0.1, -0.05) is 19.3 Å². The van der Waals surface area contributed by atoms with Crippen LogP contribution in [0.5, 0.6) is 5.75 Å². The molecular formula is C14H17NOS. The second-order valence-corrected chi connectivity index (χ2v) is 5.69. The third-order valence-corrected chi connectivity index (χ3v) is 4.55. The largest absolute Gasteiger partial charge is 0.497 e. The highest BCUT2D eigenvalue weighted by Gasteiger charge is 2.16.